The molecule has 1 aromatic carbocycles. The average Bonchev–Trinajstić information content (AvgIpc) is 3.01. The van der Waals surface area contributed by atoms with Gasteiger partial charge in [0.05, 0.1) is 5.52 Å². The second-order valence-electron chi connectivity index (χ2n) is 6.49. The second-order valence-corrected chi connectivity index (χ2v) is 6.49. The van der Waals surface area contributed by atoms with Gasteiger partial charge in [0, 0.05) is 36.1 Å². The Labute approximate surface area is 155 Å². The third-order valence-corrected chi connectivity index (χ3v) is 4.63. The Bertz CT molecular complexity index is 1190. The molecule has 4 rings (SSSR count). The monoisotopic (exact) mass is 361 g/mol. The molecule has 0 aliphatic carbocycles. The molecule has 0 spiro atoms. The van der Waals surface area contributed by atoms with Gasteiger partial charge < -0.3 is 5.32 Å². The van der Waals surface area contributed by atoms with Crippen molar-refractivity contribution in [2.24, 2.45) is 0 Å². The highest BCUT2D eigenvalue weighted by molar-refractivity contribution is 5.94. The second kappa shape index (κ2) is 6.68. The van der Waals surface area contributed by atoms with Crippen LogP contribution in [0, 0.1) is 6.92 Å². The van der Waals surface area contributed by atoms with E-state index in [1.54, 1.807) is 12.4 Å². The summed E-state index contributed by atoms with van der Waals surface area (Å²) in [5.41, 5.74) is 2.78. The summed E-state index contributed by atoms with van der Waals surface area (Å²) in [6, 6.07) is 12.4. The van der Waals surface area contributed by atoms with E-state index in [1.807, 2.05) is 59.4 Å². The van der Waals surface area contributed by atoms with Gasteiger partial charge in [-0.25, -0.2) is 4.52 Å². The van der Waals surface area contributed by atoms with Crippen molar-refractivity contribution < 1.29 is 4.79 Å². The number of benzene rings is 1. The Morgan fingerprint density at radius 2 is 2.04 bits per heavy atom. The number of nitrogens with zero attached hydrogens (tertiary/aromatic N) is 4. The van der Waals surface area contributed by atoms with E-state index in [0.29, 0.717) is 12.2 Å². The van der Waals surface area contributed by atoms with Crippen molar-refractivity contribution in [1.82, 2.24) is 24.5 Å². The van der Waals surface area contributed by atoms with Crippen LogP contribution in [0.4, 0.5) is 0 Å². The Kier molecular flexibility index (Phi) is 4.19. The van der Waals surface area contributed by atoms with Crippen LogP contribution in [0.2, 0.25) is 0 Å². The van der Waals surface area contributed by atoms with E-state index in [-0.39, 0.29) is 11.5 Å². The lowest BCUT2D eigenvalue weighted by Gasteiger charge is -2.18. The van der Waals surface area contributed by atoms with E-state index < -0.39 is 6.04 Å². The minimum absolute atomic E-state index is 0.125. The first kappa shape index (κ1) is 17.0. The molecule has 7 nitrogen and oxygen atoms in total. The fraction of sp³-hybridized carbons (Fsp3) is 0.200. The quantitative estimate of drug-likeness (QED) is 0.604. The first-order valence-electron chi connectivity index (χ1n) is 8.72. The lowest BCUT2D eigenvalue weighted by Crippen LogP contribution is -2.32. The first-order chi connectivity index (χ1) is 13.1. The lowest BCUT2D eigenvalue weighted by molar-refractivity contribution is -0.124. The maximum Gasteiger partial charge on any atom is 0.273 e. The number of hydrogen-bond acceptors (Lipinski definition) is 4. The molecule has 3 aromatic heterocycles. The number of pyridine rings is 1. The number of carbonyl (C=O) groups is 1. The molecule has 1 atom stereocenters. The van der Waals surface area contributed by atoms with Crippen molar-refractivity contribution in [3.63, 3.8) is 0 Å². The van der Waals surface area contributed by atoms with E-state index >= 15 is 0 Å². The Balaban J connectivity index is 1.77. The smallest absolute Gasteiger partial charge is 0.273 e. The minimum atomic E-state index is -0.493. The van der Waals surface area contributed by atoms with E-state index in [4.69, 9.17) is 0 Å². The van der Waals surface area contributed by atoms with E-state index in [9.17, 15) is 9.59 Å². The molecule has 7 heteroatoms. The molecule has 0 saturated heterocycles. The molecule has 0 aliphatic heterocycles. The van der Waals surface area contributed by atoms with Crippen LogP contribution >= 0.6 is 0 Å². The van der Waals surface area contributed by atoms with Gasteiger partial charge in [0.2, 0.25) is 5.91 Å². The van der Waals surface area contributed by atoms with Crippen LogP contribution in [-0.4, -0.2) is 25.1 Å². The largest absolute Gasteiger partial charge is 0.350 e. The van der Waals surface area contributed by atoms with Gasteiger partial charge in [0.25, 0.3) is 5.56 Å². The molecular formula is C20H19N5O2. The third kappa shape index (κ3) is 2.97. The molecule has 27 heavy (non-hydrogen) atoms. The molecule has 0 bridgehead atoms. The van der Waals surface area contributed by atoms with E-state index in [2.05, 4.69) is 15.3 Å². The highest BCUT2D eigenvalue weighted by Crippen LogP contribution is 2.25. The molecular weight excluding hydrogens is 342 g/mol. The van der Waals surface area contributed by atoms with Crippen LogP contribution in [0.3, 0.4) is 0 Å². The fourth-order valence-corrected chi connectivity index (χ4v) is 3.34. The molecule has 4 aromatic rings. The summed E-state index contributed by atoms with van der Waals surface area (Å²) < 4.78 is 3.71. The van der Waals surface area contributed by atoms with Crippen molar-refractivity contribution in [1.29, 1.82) is 0 Å². The van der Waals surface area contributed by atoms with Gasteiger partial charge in [-0.15, -0.1) is 0 Å². The van der Waals surface area contributed by atoms with E-state index in [0.717, 1.165) is 22.2 Å². The van der Waals surface area contributed by atoms with Crippen molar-refractivity contribution in [3.8, 4) is 0 Å². The molecule has 1 N–H and O–H groups in total. The lowest BCUT2D eigenvalue weighted by atomic mass is 10.2. The molecule has 1 unspecified atom stereocenters. The number of hydrogen-bond donors (Lipinski definition) is 1. The topological polar surface area (TPSA) is 81.3 Å². The highest BCUT2D eigenvalue weighted by Gasteiger charge is 2.22. The fourth-order valence-electron chi connectivity index (χ4n) is 3.34. The SMILES string of the molecule is Cc1cc(=O)nc2c3ccccc3n(C(C)C(=O)NCc3cccnc3)n12. The van der Waals surface area contributed by atoms with E-state index in [1.165, 1.54) is 6.07 Å². The van der Waals surface area contributed by atoms with Crippen molar-refractivity contribution >= 4 is 22.5 Å². The summed E-state index contributed by atoms with van der Waals surface area (Å²) in [7, 11) is 0. The number of aromatic nitrogens is 4. The molecule has 0 saturated carbocycles. The van der Waals surface area contributed by atoms with Crippen molar-refractivity contribution in [2.45, 2.75) is 26.4 Å². The van der Waals surface area contributed by atoms with Crippen LogP contribution < -0.4 is 10.9 Å². The van der Waals surface area contributed by atoms with Gasteiger partial charge in [-0.1, -0.05) is 18.2 Å². The summed E-state index contributed by atoms with van der Waals surface area (Å²) >= 11 is 0. The molecule has 0 fully saturated rings. The van der Waals surface area contributed by atoms with Gasteiger partial charge in [-0.05, 0) is 37.6 Å². The van der Waals surface area contributed by atoms with Gasteiger partial charge in [0.15, 0.2) is 5.65 Å². The van der Waals surface area contributed by atoms with Crippen molar-refractivity contribution in [3.05, 3.63) is 76.5 Å². The zero-order valence-corrected chi connectivity index (χ0v) is 15.1. The number of carbonyl (C=O) groups excluding carboxylic acids is 1. The Morgan fingerprint density at radius 3 is 2.81 bits per heavy atom. The summed E-state index contributed by atoms with van der Waals surface area (Å²) in [6.07, 6.45) is 3.42. The van der Waals surface area contributed by atoms with Gasteiger partial charge in [-0.2, -0.15) is 4.98 Å². The zero-order chi connectivity index (χ0) is 19.0. The van der Waals surface area contributed by atoms with Crippen LogP contribution in [0.15, 0.2) is 59.7 Å². The molecule has 3 heterocycles. The molecule has 1 amide bonds. The van der Waals surface area contributed by atoms with Crippen LogP contribution in [-0.2, 0) is 11.3 Å². The number of aryl methyl sites for hydroxylation is 1. The summed E-state index contributed by atoms with van der Waals surface area (Å²) in [5.74, 6) is -0.125. The predicted octanol–water partition coefficient (Wildman–Crippen LogP) is 2.23. The molecule has 0 radical (unpaired) electrons. The summed E-state index contributed by atoms with van der Waals surface area (Å²) in [5, 5.41) is 3.79. The number of rotatable bonds is 4. The normalized spacial score (nSPS) is 12.4. The average molecular weight is 361 g/mol. The minimum Gasteiger partial charge on any atom is -0.350 e. The standard InChI is InChI=1S/C20H19N5O2/c1-13-10-18(26)23-19-16-7-3-4-8-17(16)25(24(13)19)14(2)20(27)22-12-15-6-5-9-21-11-15/h3-11,14H,12H2,1-2H3,(H,22,27). The first-order valence-corrected chi connectivity index (χ1v) is 8.72. The van der Waals surface area contributed by atoms with Crippen molar-refractivity contribution in [2.75, 3.05) is 0 Å². The molecule has 136 valence electrons. The van der Waals surface area contributed by atoms with Gasteiger partial charge >= 0.3 is 0 Å². The third-order valence-electron chi connectivity index (χ3n) is 4.63. The van der Waals surface area contributed by atoms with Gasteiger partial charge in [-0.3, -0.25) is 19.3 Å². The van der Waals surface area contributed by atoms with Crippen LogP contribution in [0.5, 0.6) is 0 Å². The van der Waals surface area contributed by atoms with Crippen LogP contribution in [0.1, 0.15) is 24.2 Å². The highest BCUT2D eigenvalue weighted by atomic mass is 16.2. The molecule has 0 aliphatic rings. The number of para-hydroxylation sites is 1. The number of nitrogens with one attached hydrogen (secondary N) is 1. The van der Waals surface area contributed by atoms with Gasteiger partial charge in [0.1, 0.15) is 6.04 Å². The number of amides is 1. The zero-order valence-electron chi connectivity index (χ0n) is 15.1. The Morgan fingerprint density at radius 1 is 1.22 bits per heavy atom. The summed E-state index contributed by atoms with van der Waals surface area (Å²) in [4.78, 5) is 33.0. The van der Waals surface area contributed by atoms with Crippen LogP contribution in [0.25, 0.3) is 16.6 Å². The predicted molar refractivity (Wildman–Crippen MR) is 102 cm³/mol. The number of fused-ring (bicyclic) bond motifs is 3. The maximum atomic E-state index is 12.8. The maximum absolute atomic E-state index is 12.8. The Hall–Kier alpha value is -3.48. The summed E-state index contributed by atoms with van der Waals surface area (Å²) in [6.45, 7) is 4.08.